The Balaban J connectivity index is 1.67. The summed E-state index contributed by atoms with van der Waals surface area (Å²) in [5.74, 6) is 0. The van der Waals surface area contributed by atoms with Crippen LogP contribution >= 0.6 is 15.9 Å². The molecule has 1 amide bonds. The van der Waals surface area contributed by atoms with Crippen LogP contribution < -0.4 is 0 Å². The number of hydrogen-bond donors (Lipinski definition) is 0. The van der Waals surface area contributed by atoms with E-state index < -0.39 is 5.60 Å². The van der Waals surface area contributed by atoms with E-state index in [4.69, 9.17) is 4.74 Å². The lowest BCUT2D eigenvalue weighted by Gasteiger charge is -2.28. The maximum absolute atomic E-state index is 12.4. The van der Waals surface area contributed by atoms with Gasteiger partial charge in [-0.2, -0.15) is 0 Å². The minimum absolute atomic E-state index is 0.0593. The molecule has 2 aliphatic heterocycles. The number of hydrogen-bond acceptors (Lipinski definition) is 3. The molecule has 0 saturated carbocycles. The molecule has 24 heavy (non-hydrogen) atoms. The standard InChI is InChI=1S/C19H23BrN2O2/c1-19(2,3)24-18(23)22-10-4-5-17(22)16-11-14(12-21-16)13-6-8-15(20)9-7-13/h6-9,12,17H,4-5,10-11H2,1-3H3/t17-/m0/s1. The van der Waals surface area contributed by atoms with Crippen LogP contribution in [0.15, 0.2) is 39.9 Å². The highest BCUT2D eigenvalue weighted by Crippen LogP contribution is 2.31. The lowest BCUT2D eigenvalue weighted by molar-refractivity contribution is 0.0265. The number of allylic oxidation sites excluding steroid dienone is 1. The monoisotopic (exact) mass is 390 g/mol. The minimum Gasteiger partial charge on any atom is -0.444 e. The Labute approximate surface area is 151 Å². The predicted molar refractivity (Wildman–Crippen MR) is 100 cm³/mol. The third-order valence-electron chi connectivity index (χ3n) is 4.24. The highest BCUT2D eigenvalue weighted by Gasteiger charge is 2.36. The van der Waals surface area contributed by atoms with Crippen molar-refractivity contribution in [2.45, 2.75) is 51.7 Å². The van der Waals surface area contributed by atoms with Crippen molar-refractivity contribution >= 4 is 33.3 Å². The first-order chi connectivity index (χ1) is 11.3. The second kappa shape index (κ2) is 6.71. The van der Waals surface area contributed by atoms with Gasteiger partial charge in [-0.1, -0.05) is 28.1 Å². The maximum atomic E-state index is 12.4. The van der Waals surface area contributed by atoms with Gasteiger partial charge in [0.15, 0.2) is 0 Å². The lowest BCUT2D eigenvalue weighted by atomic mass is 9.99. The smallest absolute Gasteiger partial charge is 0.410 e. The number of benzene rings is 1. The molecule has 4 nitrogen and oxygen atoms in total. The number of likely N-dealkylation sites (tertiary alicyclic amines) is 1. The summed E-state index contributed by atoms with van der Waals surface area (Å²) in [5, 5.41) is 0. The van der Waals surface area contributed by atoms with Crippen molar-refractivity contribution < 1.29 is 9.53 Å². The van der Waals surface area contributed by atoms with Crippen molar-refractivity contribution in [1.82, 2.24) is 4.90 Å². The van der Waals surface area contributed by atoms with Gasteiger partial charge in [-0.25, -0.2) is 4.79 Å². The molecule has 0 radical (unpaired) electrons. The van der Waals surface area contributed by atoms with Crippen molar-refractivity contribution in [2.24, 2.45) is 4.99 Å². The van der Waals surface area contributed by atoms with Crippen molar-refractivity contribution in [3.8, 4) is 0 Å². The van der Waals surface area contributed by atoms with E-state index in [9.17, 15) is 4.79 Å². The largest absolute Gasteiger partial charge is 0.444 e. The van der Waals surface area contributed by atoms with Gasteiger partial charge in [0.2, 0.25) is 0 Å². The molecule has 0 aliphatic carbocycles. The topological polar surface area (TPSA) is 41.9 Å². The Morgan fingerprint density at radius 2 is 2.00 bits per heavy atom. The lowest BCUT2D eigenvalue weighted by Crippen LogP contribution is -2.43. The molecule has 5 heteroatoms. The molecule has 1 saturated heterocycles. The molecule has 0 spiro atoms. The first-order valence-corrected chi connectivity index (χ1v) is 9.14. The Morgan fingerprint density at radius 3 is 2.67 bits per heavy atom. The van der Waals surface area contributed by atoms with Gasteiger partial charge in [-0.05, 0) is 56.9 Å². The fourth-order valence-corrected chi connectivity index (χ4v) is 3.41. The molecule has 0 bridgehead atoms. The van der Waals surface area contributed by atoms with Crippen LogP contribution in [-0.2, 0) is 4.74 Å². The van der Waals surface area contributed by atoms with Crippen LogP contribution in [0.25, 0.3) is 5.57 Å². The average Bonchev–Trinajstić information content (AvgIpc) is 3.15. The van der Waals surface area contributed by atoms with Crippen molar-refractivity contribution in [3.05, 3.63) is 40.5 Å². The number of amides is 1. The van der Waals surface area contributed by atoms with Gasteiger partial charge in [0.05, 0.1) is 6.04 Å². The number of carbonyl (C=O) groups is 1. The Bertz CT molecular complexity index is 686. The summed E-state index contributed by atoms with van der Waals surface area (Å²) in [6.07, 6.45) is 4.45. The number of rotatable bonds is 2. The fourth-order valence-electron chi connectivity index (χ4n) is 3.14. The second-order valence-electron chi connectivity index (χ2n) is 7.29. The predicted octanol–water partition coefficient (Wildman–Crippen LogP) is 5.03. The molecule has 1 atom stereocenters. The molecular weight excluding hydrogens is 368 g/mol. The van der Waals surface area contributed by atoms with Gasteiger partial charge in [0, 0.05) is 29.3 Å². The first-order valence-electron chi connectivity index (χ1n) is 8.35. The average molecular weight is 391 g/mol. The van der Waals surface area contributed by atoms with E-state index in [0.29, 0.717) is 0 Å². The van der Waals surface area contributed by atoms with Crippen LogP contribution in [0.4, 0.5) is 4.79 Å². The van der Waals surface area contributed by atoms with Crippen LogP contribution in [0.5, 0.6) is 0 Å². The maximum Gasteiger partial charge on any atom is 0.410 e. The third kappa shape index (κ3) is 3.89. The highest BCUT2D eigenvalue weighted by atomic mass is 79.9. The van der Waals surface area contributed by atoms with E-state index in [1.54, 1.807) is 0 Å². The van der Waals surface area contributed by atoms with E-state index in [0.717, 1.165) is 36.0 Å². The summed E-state index contributed by atoms with van der Waals surface area (Å²) in [6.45, 7) is 6.44. The van der Waals surface area contributed by atoms with Gasteiger partial charge in [0.25, 0.3) is 0 Å². The van der Waals surface area contributed by atoms with Crippen LogP contribution in [0.3, 0.4) is 0 Å². The van der Waals surface area contributed by atoms with Crippen LogP contribution in [0.2, 0.25) is 0 Å². The normalized spacial score (nSPS) is 20.8. The number of halogens is 1. The Hall–Kier alpha value is -1.62. The molecule has 0 unspecified atom stereocenters. The van der Waals surface area contributed by atoms with Crippen molar-refractivity contribution in [2.75, 3.05) is 6.54 Å². The molecule has 1 aromatic carbocycles. The summed E-state index contributed by atoms with van der Waals surface area (Å²) in [5.41, 5.74) is 2.98. The minimum atomic E-state index is -0.470. The van der Waals surface area contributed by atoms with Crippen molar-refractivity contribution in [3.63, 3.8) is 0 Å². The SMILES string of the molecule is CC(C)(C)OC(=O)N1CCC[C@H]1C1=NC=C(c2ccc(Br)cc2)C1. The Morgan fingerprint density at radius 1 is 1.29 bits per heavy atom. The summed E-state index contributed by atoms with van der Waals surface area (Å²) >= 11 is 3.46. The van der Waals surface area contributed by atoms with Gasteiger partial charge in [-0.3, -0.25) is 9.89 Å². The third-order valence-corrected chi connectivity index (χ3v) is 4.77. The zero-order valence-electron chi connectivity index (χ0n) is 14.4. The van der Waals surface area contributed by atoms with Gasteiger partial charge >= 0.3 is 6.09 Å². The summed E-state index contributed by atoms with van der Waals surface area (Å²) in [6, 6.07) is 8.32. The summed E-state index contributed by atoms with van der Waals surface area (Å²) in [7, 11) is 0. The fraction of sp³-hybridized carbons (Fsp3) is 0.474. The van der Waals surface area contributed by atoms with E-state index in [2.05, 4.69) is 33.1 Å². The van der Waals surface area contributed by atoms with E-state index in [-0.39, 0.29) is 12.1 Å². The number of aliphatic imine (C=N–C) groups is 1. The van der Waals surface area contributed by atoms with E-state index in [1.807, 2.05) is 44.0 Å². The number of nitrogens with zero attached hydrogens (tertiary/aromatic N) is 2. The van der Waals surface area contributed by atoms with E-state index >= 15 is 0 Å². The van der Waals surface area contributed by atoms with Crippen LogP contribution in [0.1, 0.15) is 45.6 Å². The molecule has 0 N–H and O–H groups in total. The molecule has 128 valence electrons. The molecule has 1 aromatic rings. The molecule has 0 aromatic heterocycles. The quantitative estimate of drug-likeness (QED) is 0.709. The van der Waals surface area contributed by atoms with Crippen LogP contribution in [-0.4, -0.2) is 34.9 Å². The molecule has 1 fully saturated rings. The molecule has 3 rings (SSSR count). The second-order valence-corrected chi connectivity index (χ2v) is 8.21. The van der Waals surface area contributed by atoms with Gasteiger partial charge in [-0.15, -0.1) is 0 Å². The molecule has 2 aliphatic rings. The highest BCUT2D eigenvalue weighted by molar-refractivity contribution is 9.10. The number of carbonyl (C=O) groups excluding carboxylic acids is 1. The van der Waals surface area contributed by atoms with Gasteiger partial charge in [0.1, 0.15) is 5.60 Å². The first kappa shape index (κ1) is 17.2. The van der Waals surface area contributed by atoms with Gasteiger partial charge < -0.3 is 4.74 Å². The zero-order chi connectivity index (χ0) is 17.3. The molecular formula is C19H23BrN2O2. The number of ether oxygens (including phenoxy) is 1. The van der Waals surface area contributed by atoms with Crippen LogP contribution in [0, 0.1) is 0 Å². The Kier molecular flexibility index (Phi) is 4.81. The summed E-state index contributed by atoms with van der Waals surface area (Å²) < 4.78 is 6.61. The molecule has 2 heterocycles. The zero-order valence-corrected chi connectivity index (χ0v) is 16.0. The summed E-state index contributed by atoms with van der Waals surface area (Å²) in [4.78, 5) is 18.9. The van der Waals surface area contributed by atoms with E-state index in [1.165, 1.54) is 11.1 Å². The van der Waals surface area contributed by atoms with Crippen molar-refractivity contribution in [1.29, 1.82) is 0 Å².